The molecule has 3 N–H and O–H groups in total. The van der Waals surface area contributed by atoms with E-state index in [0.717, 1.165) is 5.69 Å². The normalized spacial score (nSPS) is 10.3. The minimum absolute atomic E-state index is 0.00179. The Morgan fingerprint density at radius 2 is 1.88 bits per heavy atom. The predicted octanol–water partition coefficient (Wildman–Crippen LogP) is 2.99. The average Bonchev–Trinajstić information content (AvgIpc) is 2.61. The highest BCUT2D eigenvalue weighted by molar-refractivity contribution is 5.53. The van der Waals surface area contributed by atoms with Crippen molar-refractivity contribution in [3.05, 3.63) is 70.0 Å². The zero-order chi connectivity index (χ0) is 18.5. The molecule has 0 bridgehead atoms. The number of aromatic nitrogens is 3. The van der Waals surface area contributed by atoms with Crippen LogP contribution < -0.4 is 15.8 Å². The molecule has 0 saturated heterocycles. The third-order valence-electron chi connectivity index (χ3n) is 3.54. The van der Waals surface area contributed by atoms with Crippen LogP contribution in [-0.2, 0) is 6.61 Å². The second-order valence-electron chi connectivity index (χ2n) is 5.37. The van der Waals surface area contributed by atoms with Crippen LogP contribution in [0.5, 0.6) is 5.75 Å². The number of nitro benzene ring substituents is 1. The highest BCUT2D eigenvalue weighted by atomic mass is 16.6. The van der Waals surface area contributed by atoms with Crippen molar-refractivity contribution in [2.45, 2.75) is 13.5 Å². The summed E-state index contributed by atoms with van der Waals surface area (Å²) in [4.78, 5) is 22.9. The summed E-state index contributed by atoms with van der Waals surface area (Å²) in [5, 5.41) is 14.0. The van der Waals surface area contributed by atoms with E-state index in [4.69, 9.17) is 10.5 Å². The van der Waals surface area contributed by atoms with E-state index < -0.39 is 4.92 Å². The van der Waals surface area contributed by atoms with Gasteiger partial charge < -0.3 is 15.8 Å². The predicted molar refractivity (Wildman–Crippen MR) is 96.1 cm³/mol. The Bertz CT molecular complexity index is 933. The van der Waals surface area contributed by atoms with Crippen LogP contribution in [0.25, 0.3) is 0 Å². The number of nitrogen functional groups attached to an aromatic ring is 1. The summed E-state index contributed by atoms with van der Waals surface area (Å²) < 4.78 is 5.63. The molecule has 0 radical (unpaired) electrons. The molecule has 2 aromatic carbocycles. The van der Waals surface area contributed by atoms with Crippen molar-refractivity contribution in [1.29, 1.82) is 0 Å². The molecule has 1 aromatic heterocycles. The number of hydrogen-bond donors (Lipinski definition) is 2. The van der Waals surface area contributed by atoms with Crippen molar-refractivity contribution in [1.82, 2.24) is 15.0 Å². The number of ether oxygens (including phenoxy) is 1. The van der Waals surface area contributed by atoms with Crippen molar-refractivity contribution in [2.24, 2.45) is 0 Å². The van der Waals surface area contributed by atoms with Gasteiger partial charge in [0, 0.05) is 11.8 Å². The third-order valence-corrected chi connectivity index (χ3v) is 3.54. The lowest BCUT2D eigenvalue weighted by atomic mass is 10.2. The molecule has 132 valence electrons. The Hall–Kier alpha value is -3.75. The fourth-order valence-electron chi connectivity index (χ4n) is 2.31. The van der Waals surface area contributed by atoms with E-state index in [0.29, 0.717) is 17.1 Å². The first-order valence-corrected chi connectivity index (χ1v) is 7.72. The van der Waals surface area contributed by atoms with Crippen LogP contribution in [0.1, 0.15) is 11.4 Å². The SMILES string of the molecule is Cc1c(OCc2nc(N)nc(Nc3ccccc3)n2)cccc1[N+](=O)[O-]. The fourth-order valence-corrected chi connectivity index (χ4v) is 2.31. The molecule has 9 nitrogen and oxygen atoms in total. The molecule has 1 heterocycles. The largest absolute Gasteiger partial charge is 0.485 e. The van der Waals surface area contributed by atoms with Gasteiger partial charge in [-0.05, 0) is 25.1 Å². The number of rotatable bonds is 6. The van der Waals surface area contributed by atoms with Gasteiger partial charge in [0.2, 0.25) is 11.9 Å². The van der Waals surface area contributed by atoms with Crippen molar-refractivity contribution >= 4 is 23.3 Å². The van der Waals surface area contributed by atoms with Crippen molar-refractivity contribution in [2.75, 3.05) is 11.1 Å². The summed E-state index contributed by atoms with van der Waals surface area (Å²) in [6.45, 7) is 1.62. The molecule has 0 aliphatic rings. The third kappa shape index (κ3) is 4.01. The fraction of sp³-hybridized carbons (Fsp3) is 0.118. The monoisotopic (exact) mass is 352 g/mol. The van der Waals surface area contributed by atoms with Gasteiger partial charge in [-0.1, -0.05) is 24.3 Å². The van der Waals surface area contributed by atoms with Crippen molar-refractivity contribution < 1.29 is 9.66 Å². The molecule has 9 heteroatoms. The summed E-state index contributed by atoms with van der Waals surface area (Å²) in [7, 11) is 0. The van der Waals surface area contributed by atoms with Crippen LogP contribution in [0, 0.1) is 17.0 Å². The van der Waals surface area contributed by atoms with Gasteiger partial charge in [0.1, 0.15) is 12.4 Å². The first kappa shape index (κ1) is 17.1. The lowest BCUT2D eigenvalue weighted by Crippen LogP contribution is -2.09. The molecule has 0 unspecified atom stereocenters. The van der Waals surface area contributed by atoms with E-state index in [1.807, 2.05) is 30.3 Å². The Balaban J connectivity index is 1.76. The minimum atomic E-state index is -0.453. The van der Waals surface area contributed by atoms with E-state index in [-0.39, 0.29) is 24.2 Å². The first-order valence-electron chi connectivity index (χ1n) is 7.72. The summed E-state index contributed by atoms with van der Waals surface area (Å²) >= 11 is 0. The van der Waals surface area contributed by atoms with Crippen molar-refractivity contribution in [3.8, 4) is 5.75 Å². The van der Waals surface area contributed by atoms with E-state index in [9.17, 15) is 10.1 Å². The molecule has 3 aromatic rings. The number of nitrogens with two attached hydrogens (primary N) is 1. The Kier molecular flexibility index (Phi) is 4.88. The number of nitro groups is 1. The summed E-state index contributed by atoms with van der Waals surface area (Å²) in [6.07, 6.45) is 0. The molecule has 0 saturated carbocycles. The van der Waals surface area contributed by atoms with Gasteiger partial charge in [-0.25, -0.2) is 0 Å². The van der Waals surface area contributed by atoms with Gasteiger partial charge in [0.05, 0.1) is 10.5 Å². The highest BCUT2D eigenvalue weighted by Crippen LogP contribution is 2.27. The van der Waals surface area contributed by atoms with E-state index in [1.54, 1.807) is 19.1 Å². The van der Waals surface area contributed by atoms with Crippen LogP contribution in [0.3, 0.4) is 0 Å². The van der Waals surface area contributed by atoms with Crippen LogP contribution in [0.4, 0.5) is 23.3 Å². The van der Waals surface area contributed by atoms with Gasteiger partial charge in [-0.3, -0.25) is 10.1 Å². The zero-order valence-electron chi connectivity index (χ0n) is 13.9. The lowest BCUT2D eigenvalue weighted by molar-refractivity contribution is -0.385. The second-order valence-corrected chi connectivity index (χ2v) is 5.37. The topological polar surface area (TPSA) is 129 Å². The molecule has 0 spiro atoms. The maximum Gasteiger partial charge on any atom is 0.276 e. The van der Waals surface area contributed by atoms with E-state index in [1.165, 1.54) is 6.07 Å². The quantitative estimate of drug-likeness (QED) is 0.511. The maximum atomic E-state index is 11.0. The minimum Gasteiger partial charge on any atom is -0.485 e. The van der Waals surface area contributed by atoms with Crippen molar-refractivity contribution in [3.63, 3.8) is 0 Å². The van der Waals surface area contributed by atoms with Crippen LogP contribution in [0.15, 0.2) is 48.5 Å². The molecular weight excluding hydrogens is 336 g/mol. The van der Waals surface area contributed by atoms with Gasteiger partial charge in [0.15, 0.2) is 5.82 Å². The van der Waals surface area contributed by atoms with Gasteiger partial charge in [-0.15, -0.1) is 0 Å². The number of anilines is 3. The molecule has 0 aliphatic carbocycles. The first-order chi connectivity index (χ1) is 12.5. The Morgan fingerprint density at radius 3 is 2.62 bits per heavy atom. The average molecular weight is 352 g/mol. The molecule has 0 atom stereocenters. The molecule has 0 amide bonds. The standard InChI is InChI=1S/C17H16N6O3/c1-11-13(23(24)25)8-5-9-14(11)26-10-15-20-16(18)22-17(21-15)19-12-6-3-2-4-7-12/h2-9H,10H2,1H3,(H3,18,19,20,21,22). The maximum absolute atomic E-state index is 11.0. The summed E-state index contributed by atoms with van der Waals surface area (Å²) in [5.74, 6) is 1.03. The van der Waals surface area contributed by atoms with Crippen LogP contribution in [0.2, 0.25) is 0 Å². The van der Waals surface area contributed by atoms with Crippen LogP contribution in [-0.4, -0.2) is 19.9 Å². The van der Waals surface area contributed by atoms with Crippen LogP contribution >= 0.6 is 0 Å². The summed E-state index contributed by atoms with van der Waals surface area (Å²) in [5.41, 5.74) is 6.96. The van der Waals surface area contributed by atoms with Gasteiger partial charge >= 0.3 is 0 Å². The number of benzene rings is 2. The molecule has 0 aliphatic heterocycles. The highest BCUT2D eigenvalue weighted by Gasteiger charge is 2.15. The second kappa shape index (κ2) is 7.43. The number of nitrogens with zero attached hydrogens (tertiary/aromatic N) is 4. The number of hydrogen-bond acceptors (Lipinski definition) is 8. The molecule has 26 heavy (non-hydrogen) atoms. The smallest absolute Gasteiger partial charge is 0.276 e. The van der Waals surface area contributed by atoms with Gasteiger partial charge in [0.25, 0.3) is 5.69 Å². The zero-order valence-corrected chi connectivity index (χ0v) is 13.9. The Labute approximate surface area is 149 Å². The lowest BCUT2D eigenvalue weighted by Gasteiger charge is -2.10. The summed E-state index contributed by atoms with van der Waals surface area (Å²) in [6, 6.07) is 14.0. The Morgan fingerprint density at radius 1 is 1.12 bits per heavy atom. The number of para-hydroxylation sites is 1. The van der Waals surface area contributed by atoms with E-state index >= 15 is 0 Å². The molecule has 3 rings (SSSR count). The van der Waals surface area contributed by atoms with Gasteiger partial charge in [-0.2, -0.15) is 15.0 Å². The molecule has 0 fully saturated rings. The molecular formula is C17H16N6O3. The van der Waals surface area contributed by atoms with E-state index in [2.05, 4.69) is 20.3 Å². The number of nitrogens with one attached hydrogen (secondary N) is 1.